The predicted octanol–water partition coefficient (Wildman–Crippen LogP) is 1.67. The normalized spacial score (nSPS) is 14.2. The van der Waals surface area contributed by atoms with E-state index in [2.05, 4.69) is 25.4 Å². The van der Waals surface area contributed by atoms with Crippen molar-refractivity contribution < 1.29 is 27.5 Å². The number of nitrogens with zero attached hydrogens (tertiary/aromatic N) is 8. The fourth-order valence-electron chi connectivity index (χ4n) is 3.54. The second-order valence-corrected chi connectivity index (χ2v) is 7.54. The van der Waals surface area contributed by atoms with Crippen molar-refractivity contribution in [3.05, 3.63) is 47.8 Å². The Morgan fingerprint density at radius 3 is 2.40 bits per heavy atom. The van der Waals surface area contributed by atoms with Gasteiger partial charge in [0.25, 0.3) is 5.91 Å². The number of piperazine rings is 1. The van der Waals surface area contributed by atoms with Gasteiger partial charge in [-0.05, 0) is 24.3 Å². The van der Waals surface area contributed by atoms with E-state index in [9.17, 15) is 22.8 Å². The van der Waals surface area contributed by atoms with E-state index < -0.39 is 23.6 Å². The third-order valence-electron chi connectivity index (χ3n) is 5.24. The molecule has 4 rings (SSSR count). The predicted molar refractivity (Wildman–Crippen MR) is 115 cm³/mol. The first kappa shape index (κ1) is 24.0. The van der Waals surface area contributed by atoms with Crippen molar-refractivity contribution in [2.24, 2.45) is 0 Å². The molecule has 1 aliphatic heterocycles. The molecule has 0 spiro atoms. The van der Waals surface area contributed by atoms with E-state index in [1.165, 1.54) is 35.5 Å². The summed E-state index contributed by atoms with van der Waals surface area (Å²) in [5, 5.41) is 11.8. The number of alkyl halides is 3. The standard InChI is InChI=1S/C21H21F3N8O3/c1-2-35-17(33)13-32-28-18(27-29-32)14-11-25-20(26-12-14)31-9-7-30(8-10-31)19(34)15-5-3-4-6-16(15)21(22,23)24/h3-6,11-12H,2,7-10,13H2,1H3. The van der Waals surface area contributed by atoms with Crippen molar-refractivity contribution in [3.8, 4) is 11.4 Å². The molecule has 14 heteroatoms. The highest BCUT2D eigenvalue weighted by Gasteiger charge is 2.36. The van der Waals surface area contributed by atoms with Crippen LogP contribution in [0.15, 0.2) is 36.7 Å². The number of rotatable bonds is 6. The summed E-state index contributed by atoms with van der Waals surface area (Å²) in [5.74, 6) is -0.511. The van der Waals surface area contributed by atoms with Crippen molar-refractivity contribution in [1.29, 1.82) is 0 Å². The summed E-state index contributed by atoms with van der Waals surface area (Å²) in [6, 6.07) is 4.77. The number of amides is 1. The smallest absolute Gasteiger partial charge is 0.417 e. The lowest BCUT2D eigenvalue weighted by molar-refractivity contribution is -0.144. The minimum atomic E-state index is -4.61. The Morgan fingerprint density at radius 1 is 1.06 bits per heavy atom. The summed E-state index contributed by atoms with van der Waals surface area (Å²) in [6.45, 7) is 2.93. The number of anilines is 1. The Morgan fingerprint density at radius 2 is 1.74 bits per heavy atom. The van der Waals surface area contributed by atoms with E-state index >= 15 is 0 Å². The maximum absolute atomic E-state index is 13.3. The van der Waals surface area contributed by atoms with E-state index in [1.54, 1.807) is 6.92 Å². The second-order valence-electron chi connectivity index (χ2n) is 7.54. The zero-order valence-electron chi connectivity index (χ0n) is 18.6. The summed E-state index contributed by atoms with van der Waals surface area (Å²) in [4.78, 5) is 37.2. The summed E-state index contributed by atoms with van der Waals surface area (Å²) >= 11 is 0. The summed E-state index contributed by atoms with van der Waals surface area (Å²) in [5.41, 5.74) is -0.821. The molecule has 0 radical (unpaired) electrons. The minimum Gasteiger partial charge on any atom is -0.465 e. The molecule has 1 aliphatic rings. The van der Waals surface area contributed by atoms with Crippen molar-refractivity contribution in [2.75, 3.05) is 37.7 Å². The molecular weight excluding hydrogens is 469 g/mol. The van der Waals surface area contributed by atoms with Gasteiger partial charge in [0.2, 0.25) is 11.8 Å². The highest BCUT2D eigenvalue weighted by Crippen LogP contribution is 2.32. The highest BCUT2D eigenvalue weighted by molar-refractivity contribution is 5.96. The number of carbonyl (C=O) groups excluding carboxylic acids is 2. The average Bonchev–Trinajstić information content (AvgIpc) is 3.32. The fraction of sp³-hybridized carbons (Fsp3) is 0.381. The lowest BCUT2D eigenvalue weighted by atomic mass is 10.1. The molecule has 3 aromatic rings. The summed E-state index contributed by atoms with van der Waals surface area (Å²) in [6.07, 6.45) is -1.60. The van der Waals surface area contributed by atoms with E-state index in [0.29, 0.717) is 24.6 Å². The highest BCUT2D eigenvalue weighted by atomic mass is 19.4. The van der Waals surface area contributed by atoms with Gasteiger partial charge in [0.05, 0.1) is 23.3 Å². The van der Waals surface area contributed by atoms with Crippen LogP contribution in [-0.2, 0) is 22.3 Å². The van der Waals surface area contributed by atoms with Gasteiger partial charge in [0, 0.05) is 38.6 Å². The molecular formula is C21H21F3N8O3. The monoisotopic (exact) mass is 490 g/mol. The number of ether oxygens (including phenoxy) is 1. The molecule has 1 aromatic carbocycles. The molecule has 0 N–H and O–H groups in total. The Bertz CT molecular complexity index is 1190. The maximum atomic E-state index is 13.3. The summed E-state index contributed by atoms with van der Waals surface area (Å²) in [7, 11) is 0. The molecule has 0 bridgehead atoms. The molecule has 11 nitrogen and oxygen atoms in total. The van der Waals surface area contributed by atoms with Crippen LogP contribution < -0.4 is 4.90 Å². The fourth-order valence-corrected chi connectivity index (χ4v) is 3.54. The molecule has 0 atom stereocenters. The van der Waals surface area contributed by atoms with E-state index in [1.807, 2.05) is 4.90 Å². The van der Waals surface area contributed by atoms with Gasteiger partial charge < -0.3 is 14.5 Å². The number of benzene rings is 1. The van der Waals surface area contributed by atoms with E-state index in [0.717, 1.165) is 10.9 Å². The Balaban J connectivity index is 1.37. The number of hydrogen-bond donors (Lipinski definition) is 0. The average molecular weight is 490 g/mol. The van der Waals surface area contributed by atoms with Crippen LogP contribution in [-0.4, -0.2) is 79.7 Å². The molecule has 0 saturated carbocycles. The van der Waals surface area contributed by atoms with E-state index in [-0.39, 0.29) is 37.6 Å². The molecule has 184 valence electrons. The largest absolute Gasteiger partial charge is 0.465 e. The van der Waals surface area contributed by atoms with E-state index in [4.69, 9.17) is 4.74 Å². The number of tetrazole rings is 1. The first-order valence-corrected chi connectivity index (χ1v) is 10.7. The zero-order valence-corrected chi connectivity index (χ0v) is 18.6. The van der Waals surface area contributed by atoms with Crippen LogP contribution in [0.1, 0.15) is 22.8 Å². The Hall–Kier alpha value is -4.10. The van der Waals surface area contributed by atoms with Gasteiger partial charge in [-0.15, -0.1) is 10.2 Å². The van der Waals surface area contributed by atoms with Crippen molar-refractivity contribution in [2.45, 2.75) is 19.6 Å². The number of carbonyl (C=O) groups is 2. The molecule has 2 aromatic heterocycles. The molecule has 0 unspecified atom stereocenters. The van der Waals surface area contributed by atoms with Gasteiger partial charge in [0.1, 0.15) is 0 Å². The van der Waals surface area contributed by atoms with Gasteiger partial charge in [0.15, 0.2) is 6.54 Å². The maximum Gasteiger partial charge on any atom is 0.417 e. The van der Waals surface area contributed by atoms with Gasteiger partial charge in [-0.2, -0.15) is 18.0 Å². The Kier molecular flexibility index (Phi) is 6.89. The van der Waals surface area contributed by atoms with Gasteiger partial charge in [-0.1, -0.05) is 12.1 Å². The number of esters is 1. The third-order valence-corrected chi connectivity index (χ3v) is 5.24. The molecule has 1 fully saturated rings. The number of hydrogen-bond acceptors (Lipinski definition) is 9. The molecule has 1 amide bonds. The SMILES string of the molecule is CCOC(=O)Cn1nnc(-c2cnc(N3CCN(C(=O)c4ccccc4C(F)(F)F)CC3)nc2)n1. The first-order chi connectivity index (χ1) is 16.8. The van der Waals surface area contributed by atoms with Crippen molar-refractivity contribution in [3.63, 3.8) is 0 Å². The van der Waals surface area contributed by atoms with Gasteiger partial charge in [-0.25, -0.2) is 14.8 Å². The van der Waals surface area contributed by atoms with Crippen LogP contribution in [0, 0.1) is 0 Å². The van der Waals surface area contributed by atoms with Gasteiger partial charge >= 0.3 is 12.1 Å². The zero-order chi connectivity index (χ0) is 25.0. The molecule has 0 aliphatic carbocycles. The topological polar surface area (TPSA) is 119 Å². The van der Waals surface area contributed by atoms with Crippen LogP contribution in [0.4, 0.5) is 19.1 Å². The van der Waals surface area contributed by atoms with Crippen LogP contribution >= 0.6 is 0 Å². The second kappa shape index (κ2) is 10.0. The van der Waals surface area contributed by atoms with Crippen molar-refractivity contribution >= 4 is 17.8 Å². The minimum absolute atomic E-state index is 0.170. The third kappa shape index (κ3) is 5.53. The quantitative estimate of drug-likeness (QED) is 0.475. The lowest BCUT2D eigenvalue weighted by Crippen LogP contribution is -2.49. The molecule has 3 heterocycles. The number of aromatic nitrogens is 6. The van der Waals surface area contributed by atoms with Crippen LogP contribution in [0.2, 0.25) is 0 Å². The lowest BCUT2D eigenvalue weighted by Gasteiger charge is -2.35. The molecule has 35 heavy (non-hydrogen) atoms. The Labute approximate surface area is 197 Å². The van der Waals surface area contributed by atoms with Crippen LogP contribution in [0.3, 0.4) is 0 Å². The van der Waals surface area contributed by atoms with Gasteiger partial charge in [-0.3, -0.25) is 4.79 Å². The van der Waals surface area contributed by atoms with Crippen molar-refractivity contribution in [1.82, 2.24) is 35.1 Å². The number of halogens is 3. The summed E-state index contributed by atoms with van der Waals surface area (Å²) < 4.78 is 44.7. The molecule has 1 saturated heterocycles. The first-order valence-electron chi connectivity index (χ1n) is 10.7. The van der Waals surface area contributed by atoms with Crippen LogP contribution in [0.5, 0.6) is 0 Å². The van der Waals surface area contributed by atoms with Crippen LogP contribution in [0.25, 0.3) is 11.4 Å².